The number of hydrogen-bond acceptors (Lipinski definition) is 7. The summed E-state index contributed by atoms with van der Waals surface area (Å²) in [4.78, 5) is 48.5. The van der Waals surface area contributed by atoms with Crippen molar-refractivity contribution < 1.29 is 19.1 Å². The number of para-hydroxylation sites is 1. The Morgan fingerprint density at radius 3 is 2.36 bits per heavy atom. The molecule has 12 heteroatoms. The number of amides is 4. The molecule has 2 N–H and O–H groups in total. The summed E-state index contributed by atoms with van der Waals surface area (Å²) in [7, 11) is 2.19. The number of anilines is 1. The molecule has 0 saturated carbocycles. The lowest BCUT2D eigenvalue weighted by Gasteiger charge is -2.41. The maximum absolute atomic E-state index is 14.1. The van der Waals surface area contributed by atoms with Gasteiger partial charge in [-0.15, -0.1) is 5.10 Å². The predicted octanol–water partition coefficient (Wildman–Crippen LogP) is 4.41. The summed E-state index contributed by atoms with van der Waals surface area (Å²) in [5.41, 5.74) is 5.39. The molecule has 0 spiro atoms. The van der Waals surface area contributed by atoms with Crippen LogP contribution in [-0.4, -0.2) is 112 Å². The summed E-state index contributed by atoms with van der Waals surface area (Å²) in [6, 6.07) is 11.7. The predicted molar refractivity (Wildman–Crippen MR) is 178 cm³/mol. The van der Waals surface area contributed by atoms with Crippen LogP contribution in [0.15, 0.2) is 36.4 Å². The minimum absolute atomic E-state index is 0.0212. The molecule has 4 amide bonds. The van der Waals surface area contributed by atoms with E-state index in [-0.39, 0.29) is 24.4 Å². The average molecular weight is 643 g/mol. The van der Waals surface area contributed by atoms with Gasteiger partial charge in [0.2, 0.25) is 0 Å². The Labute approximate surface area is 275 Å². The van der Waals surface area contributed by atoms with Crippen LogP contribution in [0.2, 0.25) is 0 Å². The number of nitrogens with one attached hydrogen (secondary N) is 2. The average Bonchev–Trinajstić information content (AvgIpc) is 3.57. The first-order valence-corrected chi connectivity index (χ1v) is 17.2. The monoisotopic (exact) mass is 642 g/mol. The number of carbonyl (C=O) groups excluding carboxylic acids is 3. The number of fused-ring (bicyclic) bond motifs is 2. The summed E-state index contributed by atoms with van der Waals surface area (Å²) in [6.45, 7) is 7.13. The number of aryl methyl sites for hydroxylation is 1. The highest BCUT2D eigenvalue weighted by Crippen LogP contribution is 2.33. The zero-order chi connectivity index (χ0) is 32.5. The molecule has 250 valence electrons. The van der Waals surface area contributed by atoms with Crippen LogP contribution in [0.5, 0.6) is 0 Å². The van der Waals surface area contributed by atoms with Crippen LogP contribution in [0.25, 0.3) is 11.0 Å². The van der Waals surface area contributed by atoms with E-state index in [4.69, 9.17) is 4.74 Å². The molecule has 5 heterocycles. The summed E-state index contributed by atoms with van der Waals surface area (Å²) in [5, 5.41) is 14.0. The Morgan fingerprint density at radius 2 is 1.62 bits per heavy atom. The number of aromatic nitrogens is 3. The Bertz CT molecular complexity index is 1600. The van der Waals surface area contributed by atoms with Crippen molar-refractivity contribution in [1.82, 2.24) is 35.0 Å². The van der Waals surface area contributed by atoms with E-state index in [1.165, 1.54) is 12.8 Å². The molecule has 47 heavy (non-hydrogen) atoms. The van der Waals surface area contributed by atoms with Crippen molar-refractivity contribution >= 4 is 34.8 Å². The summed E-state index contributed by atoms with van der Waals surface area (Å²) < 4.78 is 6.10. The van der Waals surface area contributed by atoms with Gasteiger partial charge in [0, 0.05) is 50.9 Å². The third-order valence-corrected chi connectivity index (χ3v) is 10.9. The second-order valence-corrected chi connectivity index (χ2v) is 13.9. The van der Waals surface area contributed by atoms with Crippen molar-refractivity contribution in [3.8, 4) is 0 Å². The standard InChI is InChI=1S/C35H46N8O4/c1-23-19-24(20-30-32(23)38-39-37-30)21-31(33(44)41-15-9-26(10-16-41)25-7-13-40(2)14-8-25)47-35(46)42-17-11-28(12-18-42)43-22-27-5-3-4-6-29(27)36-34(43)45/h3-6,19-20,25-26,28,31H,7-18,21-22H2,1-2H3,(H,36,45)(H,37,38,39)/t31-/m1/s1. The highest BCUT2D eigenvalue weighted by atomic mass is 16.6. The lowest BCUT2D eigenvalue weighted by atomic mass is 9.79. The summed E-state index contributed by atoms with van der Waals surface area (Å²) in [5.74, 6) is 1.24. The number of hydrogen-bond donors (Lipinski definition) is 2. The first-order chi connectivity index (χ1) is 22.8. The van der Waals surface area contributed by atoms with Crippen molar-refractivity contribution in [2.45, 2.75) is 70.6 Å². The van der Waals surface area contributed by atoms with Crippen molar-refractivity contribution in [3.05, 3.63) is 53.1 Å². The number of piperidine rings is 3. The number of urea groups is 1. The van der Waals surface area contributed by atoms with Crippen LogP contribution in [0.3, 0.4) is 0 Å². The number of nitrogens with zero attached hydrogens (tertiary/aromatic N) is 6. The summed E-state index contributed by atoms with van der Waals surface area (Å²) in [6.07, 6.45) is 4.60. The van der Waals surface area contributed by atoms with E-state index in [0.29, 0.717) is 51.5 Å². The van der Waals surface area contributed by atoms with E-state index in [2.05, 4.69) is 32.7 Å². The van der Waals surface area contributed by atoms with Gasteiger partial charge < -0.3 is 29.7 Å². The fourth-order valence-electron chi connectivity index (χ4n) is 8.07. The van der Waals surface area contributed by atoms with Gasteiger partial charge in [-0.2, -0.15) is 0 Å². The molecular weight excluding hydrogens is 596 g/mol. The van der Waals surface area contributed by atoms with Crippen molar-refractivity contribution in [2.24, 2.45) is 11.8 Å². The molecule has 1 aromatic heterocycles. The second kappa shape index (κ2) is 13.5. The van der Waals surface area contributed by atoms with E-state index in [0.717, 1.165) is 65.3 Å². The molecule has 7 rings (SSSR count). The lowest BCUT2D eigenvalue weighted by molar-refractivity contribution is -0.142. The maximum atomic E-state index is 14.1. The first kappa shape index (κ1) is 31.4. The molecular formula is C35H46N8O4. The maximum Gasteiger partial charge on any atom is 0.410 e. The van der Waals surface area contributed by atoms with Crippen molar-refractivity contribution in [3.63, 3.8) is 0 Å². The van der Waals surface area contributed by atoms with Gasteiger partial charge in [0.25, 0.3) is 5.91 Å². The number of rotatable bonds is 6. The van der Waals surface area contributed by atoms with Crippen LogP contribution >= 0.6 is 0 Å². The zero-order valence-corrected chi connectivity index (χ0v) is 27.5. The fourth-order valence-corrected chi connectivity index (χ4v) is 8.07. The third-order valence-electron chi connectivity index (χ3n) is 10.9. The second-order valence-electron chi connectivity index (χ2n) is 13.9. The fraction of sp³-hybridized carbons (Fsp3) is 0.571. The van der Waals surface area contributed by atoms with Gasteiger partial charge in [0.15, 0.2) is 6.10 Å². The number of aromatic amines is 1. The molecule has 3 aromatic rings. The topological polar surface area (TPSA) is 127 Å². The third kappa shape index (κ3) is 6.79. The quantitative estimate of drug-likeness (QED) is 0.408. The van der Waals surface area contributed by atoms with Gasteiger partial charge in [0.05, 0.1) is 5.52 Å². The Balaban J connectivity index is 1.00. The van der Waals surface area contributed by atoms with Gasteiger partial charge in [0.1, 0.15) is 5.52 Å². The Hall–Kier alpha value is -4.19. The van der Waals surface area contributed by atoms with Gasteiger partial charge in [-0.05, 0) is 106 Å². The van der Waals surface area contributed by atoms with Crippen LogP contribution in [-0.2, 0) is 22.5 Å². The van der Waals surface area contributed by atoms with Crippen molar-refractivity contribution in [2.75, 3.05) is 51.6 Å². The zero-order valence-electron chi connectivity index (χ0n) is 27.5. The van der Waals surface area contributed by atoms with E-state index < -0.39 is 12.2 Å². The van der Waals surface area contributed by atoms with Gasteiger partial charge in [-0.3, -0.25) is 9.89 Å². The smallest absolute Gasteiger partial charge is 0.410 e. The molecule has 0 radical (unpaired) electrons. The van der Waals surface area contributed by atoms with Gasteiger partial charge in [-0.25, -0.2) is 9.59 Å². The van der Waals surface area contributed by atoms with Gasteiger partial charge in [-0.1, -0.05) is 29.5 Å². The minimum Gasteiger partial charge on any atom is -0.436 e. The molecule has 0 aliphatic carbocycles. The van der Waals surface area contributed by atoms with Crippen LogP contribution in [0, 0.1) is 18.8 Å². The Morgan fingerprint density at radius 1 is 0.936 bits per heavy atom. The highest BCUT2D eigenvalue weighted by Gasteiger charge is 2.37. The molecule has 0 bridgehead atoms. The van der Waals surface area contributed by atoms with Crippen LogP contribution in [0.4, 0.5) is 15.3 Å². The molecule has 2 aromatic carbocycles. The molecule has 1 atom stereocenters. The lowest BCUT2D eigenvalue weighted by Crippen LogP contribution is -2.52. The van der Waals surface area contributed by atoms with E-state index in [9.17, 15) is 14.4 Å². The molecule has 3 saturated heterocycles. The number of H-pyrrole nitrogens is 1. The molecule has 3 fully saturated rings. The normalized spacial score (nSPS) is 21.1. The molecule has 0 unspecified atom stereocenters. The first-order valence-electron chi connectivity index (χ1n) is 17.2. The van der Waals surface area contributed by atoms with E-state index in [1.807, 2.05) is 53.1 Å². The van der Waals surface area contributed by atoms with Crippen molar-refractivity contribution in [1.29, 1.82) is 0 Å². The van der Waals surface area contributed by atoms with Gasteiger partial charge >= 0.3 is 12.1 Å². The van der Waals surface area contributed by atoms with E-state index >= 15 is 0 Å². The van der Waals surface area contributed by atoms with Crippen LogP contribution in [0.1, 0.15) is 55.2 Å². The minimum atomic E-state index is -0.937. The van der Waals surface area contributed by atoms with E-state index in [1.54, 1.807) is 4.90 Å². The Kier molecular flexibility index (Phi) is 9.02. The number of benzene rings is 2. The molecule has 12 nitrogen and oxygen atoms in total. The van der Waals surface area contributed by atoms with Crippen LogP contribution < -0.4 is 5.32 Å². The number of ether oxygens (including phenoxy) is 1. The SMILES string of the molecule is Cc1cc(C[C@@H](OC(=O)N2CCC(N3Cc4ccccc4NC3=O)CC2)C(=O)N2CCC(C3CCN(C)CC3)CC2)cc2nn[nH]c12. The number of likely N-dealkylation sites (tertiary alicyclic amines) is 3. The highest BCUT2D eigenvalue weighted by molar-refractivity contribution is 5.92. The molecule has 4 aliphatic rings. The molecule has 4 aliphatic heterocycles. The summed E-state index contributed by atoms with van der Waals surface area (Å²) >= 11 is 0. The largest absolute Gasteiger partial charge is 0.436 e. The number of carbonyl (C=O) groups is 3.